The highest BCUT2D eigenvalue weighted by molar-refractivity contribution is 6.31. The fraction of sp³-hybridized carbons (Fsp3) is 0.553. The first-order valence-corrected chi connectivity index (χ1v) is 21.5. The van der Waals surface area contributed by atoms with Gasteiger partial charge in [-0.05, 0) is 66.8 Å². The number of carbonyl (C=O) groups excluding carboxylic acids is 1. The standard InChI is InChI=1S/C47H67ClN2O11/c1-49(20-15-35-28-39(52-2)40(53-3)30-37(35)38(49)23-33-24-41(54-4)46(58-8)42(25-33)55-5)16-13-21-60-32-36(48)29-45(51)61-22-14-19-50(17-11-10-12-18-50)31-34-26-43(56-6)47(59-9)44(27-34)57-7/h24-30,38H,10-23,31-32H2,1-9H3/q+2. The Kier molecular flexibility index (Phi) is 17.5. The summed E-state index contributed by atoms with van der Waals surface area (Å²) in [6, 6.07) is 12.4. The molecule has 0 spiro atoms. The molecule has 336 valence electrons. The molecule has 2 atom stereocenters. The van der Waals surface area contributed by atoms with Gasteiger partial charge in [-0.25, -0.2) is 4.79 Å². The summed E-state index contributed by atoms with van der Waals surface area (Å²) in [4.78, 5) is 12.8. The minimum atomic E-state index is -0.463. The lowest BCUT2D eigenvalue weighted by Gasteiger charge is -2.46. The van der Waals surface area contributed by atoms with Crippen LogP contribution in [0.25, 0.3) is 0 Å². The van der Waals surface area contributed by atoms with Crippen molar-refractivity contribution in [1.82, 2.24) is 0 Å². The summed E-state index contributed by atoms with van der Waals surface area (Å²) in [5.41, 5.74) is 4.65. The maximum atomic E-state index is 12.8. The number of ether oxygens (including phenoxy) is 10. The summed E-state index contributed by atoms with van der Waals surface area (Å²) >= 11 is 6.49. The van der Waals surface area contributed by atoms with E-state index in [9.17, 15) is 4.79 Å². The molecule has 1 fully saturated rings. The average molecular weight is 872 g/mol. The molecule has 3 aromatic rings. The number of nitrogens with zero attached hydrogens (tertiary/aromatic N) is 2. The van der Waals surface area contributed by atoms with Crippen LogP contribution in [-0.4, -0.2) is 131 Å². The summed E-state index contributed by atoms with van der Waals surface area (Å²) in [6.45, 7) is 6.55. The fourth-order valence-electron chi connectivity index (χ4n) is 9.14. The quantitative estimate of drug-likeness (QED) is 0.0405. The lowest BCUT2D eigenvalue weighted by Crippen LogP contribution is -2.52. The number of benzene rings is 3. The summed E-state index contributed by atoms with van der Waals surface area (Å²) in [5.74, 6) is 4.65. The van der Waals surface area contributed by atoms with Crippen molar-refractivity contribution in [3.05, 3.63) is 69.8 Å². The van der Waals surface area contributed by atoms with E-state index in [1.54, 1.807) is 56.9 Å². The Morgan fingerprint density at radius 3 is 1.75 bits per heavy atom. The van der Waals surface area contributed by atoms with Gasteiger partial charge in [-0.1, -0.05) is 11.6 Å². The Morgan fingerprint density at radius 1 is 0.656 bits per heavy atom. The third-order valence-electron chi connectivity index (χ3n) is 12.3. The number of piperidine rings is 1. The number of likely N-dealkylation sites (N-methyl/N-ethyl adjacent to an activating group) is 1. The molecule has 0 aromatic heterocycles. The van der Waals surface area contributed by atoms with Crippen LogP contribution < -0.4 is 37.9 Å². The zero-order chi connectivity index (χ0) is 44.0. The van der Waals surface area contributed by atoms with Crippen molar-refractivity contribution in [2.75, 3.05) is 116 Å². The molecule has 2 heterocycles. The molecule has 0 radical (unpaired) electrons. The van der Waals surface area contributed by atoms with Crippen molar-refractivity contribution >= 4 is 17.6 Å². The molecule has 14 heteroatoms. The van der Waals surface area contributed by atoms with Crippen molar-refractivity contribution in [3.63, 3.8) is 0 Å². The van der Waals surface area contributed by atoms with Gasteiger partial charge in [-0.15, -0.1) is 0 Å². The number of methoxy groups -OCH3 is 8. The topological polar surface area (TPSA) is 109 Å². The average Bonchev–Trinajstić information content (AvgIpc) is 3.27. The maximum Gasteiger partial charge on any atom is 0.332 e. The van der Waals surface area contributed by atoms with Crippen LogP contribution in [0.15, 0.2) is 47.5 Å². The summed E-state index contributed by atoms with van der Waals surface area (Å²) < 4.78 is 58.5. The van der Waals surface area contributed by atoms with E-state index in [1.807, 2.05) is 24.3 Å². The Labute approximate surface area is 367 Å². The number of rotatable bonds is 23. The first-order chi connectivity index (χ1) is 29.5. The molecule has 61 heavy (non-hydrogen) atoms. The van der Waals surface area contributed by atoms with E-state index in [4.69, 9.17) is 59.0 Å². The van der Waals surface area contributed by atoms with Crippen molar-refractivity contribution in [3.8, 4) is 46.0 Å². The lowest BCUT2D eigenvalue weighted by atomic mass is 9.86. The third-order valence-corrected chi connectivity index (χ3v) is 12.5. The second-order valence-corrected chi connectivity index (χ2v) is 16.6. The van der Waals surface area contributed by atoms with Gasteiger partial charge in [0.25, 0.3) is 0 Å². The predicted molar refractivity (Wildman–Crippen MR) is 235 cm³/mol. The molecule has 2 aliphatic heterocycles. The molecule has 0 N–H and O–H groups in total. The number of esters is 1. The first kappa shape index (κ1) is 47.5. The van der Waals surface area contributed by atoms with Crippen LogP contribution in [0.5, 0.6) is 46.0 Å². The number of halogens is 1. The van der Waals surface area contributed by atoms with Crippen molar-refractivity contribution in [2.45, 2.75) is 57.5 Å². The van der Waals surface area contributed by atoms with E-state index in [0.29, 0.717) is 58.5 Å². The summed E-state index contributed by atoms with van der Waals surface area (Å²) in [7, 11) is 15.4. The maximum absolute atomic E-state index is 12.8. The number of carbonyl (C=O) groups is 1. The van der Waals surface area contributed by atoms with E-state index in [0.717, 1.165) is 104 Å². The Morgan fingerprint density at radius 2 is 1.20 bits per heavy atom. The largest absolute Gasteiger partial charge is 0.493 e. The van der Waals surface area contributed by atoms with Crippen molar-refractivity contribution in [2.24, 2.45) is 0 Å². The van der Waals surface area contributed by atoms with Gasteiger partial charge < -0.3 is 56.3 Å². The molecule has 3 aromatic carbocycles. The Bertz CT molecular complexity index is 1900. The van der Waals surface area contributed by atoms with Gasteiger partial charge in [0.1, 0.15) is 12.6 Å². The van der Waals surface area contributed by atoms with Crippen LogP contribution in [-0.2, 0) is 33.7 Å². The summed E-state index contributed by atoms with van der Waals surface area (Å²) in [5, 5.41) is 0.306. The zero-order valence-corrected chi connectivity index (χ0v) is 38.5. The van der Waals surface area contributed by atoms with Crippen molar-refractivity contribution in [1.29, 1.82) is 0 Å². The molecule has 2 aliphatic rings. The third kappa shape index (κ3) is 11.9. The highest BCUT2D eigenvalue weighted by Gasteiger charge is 2.40. The van der Waals surface area contributed by atoms with Crippen LogP contribution in [0, 0.1) is 0 Å². The van der Waals surface area contributed by atoms with E-state index in [1.165, 1.54) is 23.6 Å². The smallest absolute Gasteiger partial charge is 0.332 e. The van der Waals surface area contributed by atoms with Crippen LogP contribution in [0.2, 0.25) is 0 Å². The molecule has 0 bridgehead atoms. The lowest BCUT2D eigenvalue weighted by molar-refractivity contribution is -0.945. The van der Waals surface area contributed by atoms with E-state index in [2.05, 4.69) is 19.2 Å². The van der Waals surface area contributed by atoms with Gasteiger partial charge in [-0.3, -0.25) is 0 Å². The van der Waals surface area contributed by atoms with Crippen LogP contribution in [0.4, 0.5) is 0 Å². The predicted octanol–water partition coefficient (Wildman–Crippen LogP) is 7.71. The number of likely N-dealkylation sites (tertiary alicyclic amines) is 1. The summed E-state index contributed by atoms with van der Waals surface area (Å²) in [6.07, 6.45) is 8.02. The van der Waals surface area contributed by atoms with Gasteiger partial charge in [0.15, 0.2) is 34.5 Å². The van der Waals surface area contributed by atoms with Crippen molar-refractivity contribution < 1.29 is 61.1 Å². The molecule has 0 amide bonds. The van der Waals surface area contributed by atoms with Gasteiger partial charge in [-0.2, -0.15) is 0 Å². The zero-order valence-electron chi connectivity index (χ0n) is 37.7. The van der Waals surface area contributed by atoms with Gasteiger partial charge in [0.05, 0.1) is 122 Å². The highest BCUT2D eigenvalue weighted by Crippen LogP contribution is 2.45. The minimum absolute atomic E-state index is 0.0888. The van der Waals surface area contributed by atoms with Crippen LogP contribution >= 0.6 is 11.6 Å². The SMILES string of the molecule is COc1cc2c(cc1OC)C(Cc1cc(OC)c(OC)c(OC)c1)[N+](C)(CCCOCC(Cl)=CC(=O)OCCC[N+]1(Cc3cc(OC)c(OC)c(OC)c3)CCCCC1)CC2. The van der Waals surface area contributed by atoms with Gasteiger partial charge >= 0.3 is 5.97 Å². The number of hydrogen-bond donors (Lipinski definition) is 0. The fourth-order valence-corrected chi connectivity index (χ4v) is 9.31. The molecule has 0 saturated carbocycles. The van der Waals surface area contributed by atoms with Crippen LogP contribution in [0.1, 0.15) is 60.4 Å². The number of fused-ring (bicyclic) bond motifs is 1. The molecule has 13 nitrogen and oxygen atoms in total. The highest BCUT2D eigenvalue weighted by atomic mass is 35.5. The Balaban J connectivity index is 1.15. The Hall–Kier alpha value is -4.56. The van der Waals surface area contributed by atoms with E-state index >= 15 is 0 Å². The molecule has 2 unspecified atom stereocenters. The molecular weight excluding hydrogens is 804 g/mol. The van der Waals surface area contributed by atoms with Gasteiger partial charge in [0, 0.05) is 42.9 Å². The van der Waals surface area contributed by atoms with Crippen LogP contribution in [0.3, 0.4) is 0 Å². The molecular formula is C47H67ClN2O11+2. The number of quaternary nitrogens is 2. The molecule has 5 rings (SSSR count). The van der Waals surface area contributed by atoms with E-state index < -0.39 is 5.97 Å². The van der Waals surface area contributed by atoms with E-state index in [-0.39, 0.29) is 12.6 Å². The van der Waals surface area contributed by atoms with Gasteiger partial charge in [0.2, 0.25) is 11.5 Å². The second-order valence-electron chi connectivity index (χ2n) is 16.1. The second kappa shape index (κ2) is 22.5. The monoisotopic (exact) mass is 870 g/mol. The molecule has 1 saturated heterocycles. The minimum Gasteiger partial charge on any atom is -0.493 e. The number of hydrogen-bond acceptors (Lipinski definition) is 11. The molecule has 0 aliphatic carbocycles. The normalized spacial score (nSPS) is 18.4. The first-order valence-electron chi connectivity index (χ1n) is 21.1.